The maximum absolute atomic E-state index is 13.6. The predicted octanol–water partition coefficient (Wildman–Crippen LogP) is -1.41. The van der Waals surface area contributed by atoms with Crippen LogP contribution < -0.4 is 21.2 Å². The van der Waals surface area contributed by atoms with E-state index in [1.807, 2.05) is 0 Å². The predicted molar refractivity (Wildman–Crippen MR) is 92.1 cm³/mol. The number of phosphoric acid groups is 3. The van der Waals surface area contributed by atoms with Crippen molar-refractivity contribution in [1.82, 2.24) is 9.55 Å². The highest BCUT2D eigenvalue weighted by Gasteiger charge is 2.44. The third-order valence-electron chi connectivity index (χ3n) is 3.92. The molecule has 0 bridgehead atoms. The molecule has 2 rings (SSSR count). The number of aliphatic hydroxyl groups excluding tert-OH is 1. The summed E-state index contributed by atoms with van der Waals surface area (Å²) >= 11 is 0. The minimum Gasteiger partial charge on any atom is -0.756 e. The normalized spacial score (nSPS) is 29.8. The van der Waals surface area contributed by atoms with Crippen molar-refractivity contribution >= 4 is 29.3 Å². The lowest BCUT2D eigenvalue weighted by atomic mass is 10.0. The van der Waals surface area contributed by atoms with Gasteiger partial charge in [-0.3, -0.25) is 18.2 Å². The third kappa shape index (κ3) is 6.71. The van der Waals surface area contributed by atoms with Crippen LogP contribution in [0.15, 0.2) is 11.0 Å². The van der Waals surface area contributed by atoms with Crippen LogP contribution in [0.1, 0.15) is 13.2 Å². The molecule has 178 valence electrons. The summed E-state index contributed by atoms with van der Waals surface area (Å²) in [7, 11) is -16.2. The van der Waals surface area contributed by atoms with Crippen LogP contribution in [-0.4, -0.2) is 45.5 Å². The minimum absolute atomic E-state index is 0.563. The first kappa shape index (κ1) is 26.2. The fraction of sp³-hybridized carbons (Fsp3) is 0.636. The number of phosphoric ester groups is 2. The number of aromatic nitrogens is 2. The van der Waals surface area contributed by atoms with Crippen LogP contribution in [-0.2, 0) is 36.1 Å². The molecule has 3 unspecified atom stereocenters. The van der Waals surface area contributed by atoms with E-state index in [4.69, 9.17) is 10.5 Å². The Bertz CT molecular complexity index is 1020. The van der Waals surface area contributed by atoms with Crippen LogP contribution in [0, 0.1) is 11.7 Å². The largest absolute Gasteiger partial charge is 0.756 e. The lowest BCUT2D eigenvalue weighted by Crippen LogP contribution is -2.31. The number of ether oxygens (including phenoxy) is 1. The Labute approximate surface area is 173 Å². The van der Waals surface area contributed by atoms with Crippen molar-refractivity contribution in [3.8, 4) is 0 Å². The maximum atomic E-state index is 13.6. The smallest absolute Gasteiger partial charge is 0.478 e. The van der Waals surface area contributed by atoms with Crippen LogP contribution >= 0.6 is 23.5 Å². The number of nitrogens with zero attached hydrogens (tertiary/aromatic N) is 2. The molecule has 0 spiro atoms. The highest BCUT2D eigenvalue weighted by Crippen LogP contribution is 2.64. The quantitative estimate of drug-likeness (QED) is 0.322. The minimum atomic E-state index is -5.92. The van der Waals surface area contributed by atoms with Gasteiger partial charge in [-0.25, -0.2) is 22.4 Å². The van der Waals surface area contributed by atoms with Gasteiger partial charge >= 0.3 is 13.5 Å². The summed E-state index contributed by atoms with van der Waals surface area (Å²) in [5, 5.41) is 10.2. The Hall–Kier alpha value is -1.06. The van der Waals surface area contributed by atoms with Gasteiger partial charge in [0.25, 0.3) is 15.6 Å². The van der Waals surface area contributed by atoms with Crippen molar-refractivity contribution in [2.24, 2.45) is 5.92 Å². The monoisotopic (exact) mass is 511 g/mol. The number of halogens is 1. The first-order valence-electron chi connectivity index (χ1n) is 8.03. The van der Waals surface area contributed by atoms with E-state index in [0.29, 0.717) is 17.9 Å². The van der Waals surface area contributed by atoms with E-state index in [1.54, 1.807) is 0 Å². The van der Waals surface area contributed by atoms with Crippen molar-refractivity contribution in [2.45, 2.75) is 25.4 Å². The second kappa shape index (κ2) is 9.43. The van der Waals surface area contributed by atoms with E-state index in [1.165, 1.54) is 6.92 Å². The van der Waals surface area contributed by atoms with Crippen molar-refractivity contribution in [3.05, 3.63) is 22.5 Å². The zero-order valence-corrected chi connectivity index (χ0v) is 18.4. The Balaban J connectivity index is 2.08. The molecule has 1 saturated heterocycles. The van der Waals surface area contributed by atoms with Gasteiger partial charge in [-0.15, -0.1) is 0 Å². The highest BCUT2D eigenvalue weighted by molar-refractivity contribution is 7.65. The Morgan fingerprint density at radius 2 is 1.94 bits per heavy atom. The molecule has 0 radical (unpaired) electrons. The molecular formula is C11H17FN3O13P3-2. The molecule has 4 N–H and O–H groups in total. The van der Waals surface area contributed by atoms with Gasteiger partial charge in [0.1, 0.15) is 12.3 Å². The Morgan fingerprint density at radius 1 is 1.32 bits per heavy atom. The molecule has 0 amide bonds. The lowest BCUT2D eigenvalue weighted by Gasteiger charge is -2.30. The fourth-order valence-electron chi connectivity index (χ4n) is 2.48. The summed E-state index contributed by atoms with van der Waals surface area (Å²) in [6.07, 6.45) is -3.47. The number of nitrogen functional groups attached to an aromatic ring is 1. The number of hydrogen-bond acceptors (Lipinski definition) is 14. The van der Waals surface area contributed by atoms with Gasteiger partial charge in [-0.2, -0.15) is 4.98 Å². The SMILES string of the molecule is COP(=O)([O-])OP(=O)([O-])OP(=O)(O)OC[C@H]1O[C@@H](n2cc(F)c(N)nc2=O)[C@@H](C)[C@@H]1O. The van der Waals surface area contributed by atoms with Crippen LogP contribution in [0.5, 0.6) is 0 Å². The molecule has 0 saturated carbocycles. The van der Waals surface area contributed by atoms with E-state index in [2.05, 4.69) is 22.7 Å². The van der Waals surface area contributed by atoms with E-state index in [9.17, 15) is 42.7 Å². The van der Waals surface area contributed by atoms with Crippen LogP contribution in [0.25, 0.3) is 0 Å². The lowest BCUT2D eigenvalue weighted by molar-refractivity contribution is -0.238. The standard InChI is InChI=1S/C11H19FN3O13P3/c1-5-8(16)7(26-10(5)15-3-6(12)9(13)14-11(15)17)4-25-30(20,21)28-31(22,23)27-29(18,19)24-2/h3,5,7-8,10,16H,4H2,1-2H3,(H,18,19)(H,20,21)(H,22,23)(H2,13,14,17)/p-2/t5-,7+,8-,10+/m0/s1. The molecule has 0 aromatic carbocycles. The third-order valence-corrected chi connectivity index (χ3v) is 8.07. The number of rotatable bonds is 9. The highest BCUT2D eigenvalue weighted by atomic mass is 31.3. The molecular weight excluding hydrogens is 494 g/mol. The summed E-state index contributed by atoms with van der Waals surface area (Å²) in [4.78, 5) is 47.0. The second-order valence-corrected chi connectivity index (χ2v) is 10.7. The van der Waals surface area contributed by atoms with Crippen LogP contribution in [0.4, 0.5) is 10.2 Å². The molecule has 1 aliphatic rings. The van der Waals surface area contributed by atoms with Gasteiger partial charge in [0.05, 0.1) is 18.9 Å². The number of nitrogens with two attached hydrogens (primary N) is 1. The number of anilines is 1. The van der Waals surface area contributed by atoms with Crippen LogP contribution in [0.2, 0.25) is 0 Å². The topological polar surface area (TPSA) is 245 Å². The summed E-state index contributed by atoms with van der Waals surface area (Å²) in [5.74, 6) is -2.60. The van der Waals surface area contributed by atoms with E-state index < -0.39 is 71.8 Å². The molecule has 1 aliphatic heterocycles. The van der Waals surface area contributed by atoms with Crippen molar-refractivity contribution in [3.63, 3.8) is 0 Å². The zero-order chi connectivity index (χ0) is 23.8. The fourth-order valence-corrected chi connectivity index (χ4v) is 5.64. The van der Waals surface area contributed by atoms with E-state index >= 15 is 0 Å². The summed E-state index contributed by atoms with van der Waals surface area (Å²) in [6, 6.07) is 0. The molecule has 20 heteroatoms. The molecule has 7 atom stereocenters. The van der Waals surface area contributed by atoms with Gasteiger partial charge in [0, 0.05) is 13.0 Å². The molecule has 0 aliphatic carbocycles. The van der Waals surface area contributed by atoms with Gasteiger partial charge in [-0.05, 0) is 0 Å². The average Bonchev–Trinajstić information content (AvgIpc) is 2.89. The molecule has 31 heavy (non-hydrogen) atoms. The second-order valence-electron chi connectivity index (χ2n) is 6.08. The number of hydrogen-bond donors (Lipinski definition) is 3. The first-order chi connectivity index (χ1) is 14.1. The van der Waals surface area contributed by atoms with Gasteiger partial charge in [0.15, 0.2) is 11.6 Å². The van der Waals surface area contributed by atoms with Crippen LogP contribution in [0.3, 0.4) is 0 Å². The molecule has 2 heterocycles. The molecule has 1 aromatic heterocycles. The van der Waals surface area contributed by atoms with Gasteiger partial charge < -0.3 is 34.8 Å². The first-order valence-corrected chi connectivity index (χ1v) is 12.4. The summed E-state index contributed by atoms with van der Waals surface area (Å²) in [5.41, 5.74) is 4.18. The maximum Gasteiger partial charge on any atom is 0.478 e. The number of aliphatic hydroxyl groups is 1. The Kier molecular flexibility index (Phi) is 7.97. The van der Waals surface area contributed by atoms with Gasteiger partial charge in [-0.1, -0.05) is 6.92 Å². The summed E-state index contributed by atoms with van der Waals surface area (Å²) < 4.78 is 69.2. The molecule has 1 aromatic rings. The molecule has 16 nitrogen and oxygen atoms in total. The zero-order valence-electron chi connectivity index (χ0n) is 15.7. The van der Waals surface area contributed by atoms with E-state index in [0.717, 1.165) is 0 Å². The van der Waals surface area contributed by atoms with Crippen molar-refractivity contribution in [1.29, 1.82) is 0 Å². The summed E-state index contributed by atoms with van der Waals surface area (Å²) in [6.45, 7) is 0.427. The van der Waals surface area contributed by atoms with Crippen molar-refractivity contribution < 1.29 is 60.3 Å². The Morgan fingerprint density at radius 3 is 2.52 bits per heavy atom. The molecule has 1 fully saturated rings. The average molecular weight is 511 g/mol. The van der Waals surface area contributed by atoms with Gasteiger partial charge in [0.2, 0.25) is 0 Å². The van der Waals surface area contributed by atoms with Crippen molar-refractivity contribution in [2.75, 3.05) is 19.5 Å². The van der Waals surface area contributed by atoms with E-state index in [-0.39, 0.29) is 0 Å².